The van der Waals surface area contributed by atoms with E-state index in [1.807, 2.05) is 17.5 Å². The fourth-order valence-electron chi connectivity index (χ4n) is 1.71. The van der Waals surface area contributed by atoms with Gasteiger partial charge in [-0.2, -0.15) is 0 Å². The number of rotatable bonds is 5. The molecule has 0 aliphatic carbocycles. The van der Waals surface area contributed by atoms with E-state index < -0.39 is 0 Å². The van der Waals surface area contributed by atoms with Gasteiger partial charge in [0.05, 0.1) is 15.1 Å². The molecule has 0 spiro atoms. The smallest absolute Gasteiger partial charge is 0.238 e. The number of halogens is 1. The molecule has 0 aromatic carbocycles. The van der Waals surface area contributed by atoms with Gasteiger partial charge in [-0.3, -0.25) is 9.89 Å². The molecule has 0 saturated carbocycles. The van der Waals surface area contributed by atoms with Crippen molar-refractivity contribution in [3.63, 3.8) is 0 Å². The van der Waals surface area contributed by atoms with Crippen LogP contribution in [-0.4, -0.2) is 31.3 Å². The summed E-state index contributed by atoms with van der Waals surface area (Å²) in [5.74, 6) is 0.989. The summed E-state index contributed by atoms with van der Waals surface area (Å²) in [4.78, 5) is 21.6. The number of carbonyl (C=O) groups excluding carboxylic acids is 1. The molecule has 0 aliphatic rings. The van der Waals surface area contributed by atoms with Gasteiger partial charge < -0.3 is 5.32 Å². The maximum absolute atomic E-state index is 12.2. The van der Waals surface area contributed by atoms with Crippen LogP contribution in [0.15, 0.2) is 41.0 Å². The molecule has 1 unspecified atom stereocenters. The van der Waals surface area contributed by atoms with Gasteiger partial charge in [0, 0.05) is 6.20 Å². The number of nitrogens with one attached hydrogen (secondary N) is 2. The first-order valence-corrected chi connectivity index (χ1v) is 8.81. The summed E-state index contributed by atoms with van der Waals surface area (Å²) in [5, 5.41) is 12.4. The van der Waals surface area contributed by atoms with Crippen LogP contribution in [0, 0.1) is 0 Å². The average molecular weight is 366 g/mol. The fourth-order valence-corrected chi connectivity index (χ4v) is 3.21. The monoisotopic (exact) mass is 365 g/mol. The van der Waals surface area contributed by atoms with Crippen LogP contribution >= 0.6 is 34.7 Å². The molecular weight excluding hydrogens is 354 g/mol. The van der Waals surface area contributed by atoms with Crippen molar-refractivity contribution in [3.05, 3.63) is 40.9 Å². The van der Waals surface area contributed by atoms with Gasteiger partial charge in [-0.15, -0.1) is 16.4 Å². The number of anilines is 1. The van der Waals surface area contributed by atoms with Gasteiger partial charge in [-0.25, -0.2) is 9.97 Å². The number of thioether (sulfide) groups is 1. The number of thiophene rings is 1. The van der Waals surface area contributed by atoms with Crippen LogP contribution < -0.4 is 5.32 Å². The Balaban J connectivity index is 1.61. The highest BCUT2D eigenvalue weighted by atomic mass is 35.5. The Morgan fingerprint density at radius 1 is 1.43 bits per heavy atom. The normalized spacial score (nSPS) is 12.1. The maximum atomic E-state index is 12.2. The van der Waals surface area contributed by atoms with E-state index in [0.29, 0.717) is 21.8 Å². The minimum absolute atomic E-state index is 0.174. The molecule has 3 aromatic heterocycles. The largest absolute Gasteiger partial charge is 0.310 e. The molecular formula is C14H12ClN5OS2. The molecule has 3 rings (SSSR count). The Morgan fingerprint density at radius 3 is 3.00 bits per heavy atom. The van der Waals surface area contributed by atoms with Gasteiger partial charge in [0.15, 0.2) is 5.82 Å². The molecule has 3 aromatic rings. The van der Waals surface area contributed by atoms with Crippen LogP contribution in [0.25, 0.3) is 10.7 Å². The molecule has 0 aliphatic heterocycles. The second-order valence-electron chi connectivity index (χ2n) is 4.55. The number of amides is 1. The molecule has 9 heteroatoms. The van der Waals surface area contributed by atoms with Gasteiger partial charge in [0.1, 0.15) is 5.82 Å². The van der Waals surface area contributed by atoms with Crippen molar-refractivity contribution in [2.24, 2.45) is 0 Å². The lowest BCUT2D eigenvalue weighted by atomic mass is 10.4. The quantitative estimate of drug-likeness (QED) is 0.673. The van der Waals surface area contributed by atoms with E-state index in [2.05, 4.69) is 25.5 Å². The minimum atomic E-state index is -0.362. The van der Waals surface area contributed by atoms with Gasteiger partial charge in [-0.05, 0) is 30.5 Å². The van der Waals surface area contributed by atoms with Crippen molar-refractivity contribution in [2.45, 2.75) is 17.3 Å². The second kappa shape index (κ2) is 7.12. The van der Waals surface area contributed by atoms with Crippen LogP contribution in [0.2, 0.25) is 5.02 Å². The highest BCUT2D eigenvalue weighted by Crippen LogP contribution is 2.25. The van der Waals surface area contributed by atoms with E-state index >= 15 is 0 Å². The van der Waals surface area contributed by atoms with Crippen LogP contribution in [0.3, 0.4) is 0 Å². The third kappa shape index (κ3) is 4.10. The van der Waals surface area contributed by atoms with E-state index in [1.165, 1.54) is 18.0 Å². The second-order valence-corrected chi connectivity index (χ2v) is 7.25. The van der Waals surface area contributed by atoms with Crippen molar-refractivity contribution < 1.29 is 4.79 Å². The number of pyridine rings is 1. The molecule has 0 radical (unpaired) electrons. The van der Waals surface area contributed by atoms with Crippen molar-refractivity contribution in [1.29, 1.82) is 0 Å². The Hall–Kier alpha value is -1.90. The summed E-state index contributed by atoms with van der Waals surface area (Å²) in [6, 6.07) is 7.23. The molecule has 6 nitrogen and oxygen atoms in total. The standard InChI is InChI=1S/C14H12ClN5OS2/c1-8(13(21)17-11-5-4-9(15)7-16-11)23-14-18-12(19-20-14)10-3-2-6-22-10/h2-8H,1H3,(H,16,17,21)(H,18,19,20). The molecule has 0 bridgehead atoms. The first-order valence-electron chi connectivity index (χ1n) is 6.67. The van der Waals surface area contributed by atoms with Crippen molar-refractivity contribution >= 4 is 46.4 Å². The Kier molecular flexibility index (Phi) is 4.94. The van der Waals surface area contributed by atoms with Gasteiger partial charge in [-0.1, -0.05) is 29.4 Å². The maximum Gasteiger partial charge on any atom is 0.238 e. The van der Waals surface area contributed by atoms with E-state index in [4.69, 9.17) is 11.6 Å². The molecule has 118 valence electrons. The molecule has 2 N–H and O–H groups in total. The van der Waals surface area contributed by atoms with Crippen LogP contribution in [-0.2, 0) is 4.79 Å². The van der Waals surface area contributed by atoms with Gasteiger partial charge in [0.2, 0.25) is 11.1 Å². The summed E-state index contributed by atoms with van der Waals surface area (Å²) in [5.41, 5.74) is 0. The number of aromatic amines is 1. The van der Waals surface area contributed by atoms with E-state index in [0.717, 1.165) is 4.88 Å². The summed E-state index contributed by atoms with van der Waals surface area (Å²) < 4.78 is 0. The number of hydrogen-bond donors (Lipinski definition) is 2. The number of hydrogen-bond acceptors (Lipinski definition) is 6. The molecule has 0 fully saturated rings. The van der Waals surface area contributed by atoms with Crippen molar-refractivity contribution in [2.75, 3.05) is 5.32 Å². The Morgan fingerprint density at radius 2 is 2.30 bits per heavy atom. The summed E-state index contributed by atoms with van der Waals surface area (Å²) in [6.45, 7) is 1.79. The minimum Gasteiger partial charge on any atom is -0.310 e. The number of aromatic nitrogens is 4. The first kappa shape index (κ1) is 16.0. The third-order valence-corrected chi connectivity index (χ3v) is 4.91. The Labute approximate surface area is 145 Å². The molecule has 1 atom stereocenters. The zero-order valence-corrected chi connectivity index (χ0v) is 14.4. The number of nitrogens with zero attached hydrogens (tertiary/aromatic N) is 3. The summed E-state index contributed by atoms with van der Waals surface area (Å²) >= 11 is 8.62. The molecule has 23 heavy (non-hydrogen) atoms. The number of carbonyl (C=O) groups is 1. The van der Waals surface area contributed by atoms with Crippen LogP contribution in [0.1, 0.15) is 6.92 Å². The highest BCUT2D eigenvalue weighted by Gasteiger charge is 2.18. The molecule has 0 saturated heterocycles. The zero-order valence-electron chi connectivity index (χ0n) is 12.0. The zero-order chi connectivity index (χ0) is 16.2. The van der Waals surface area contributed by atoms with Crippen molar-refractivity contribution in [1.82, 2.24) is 20.2 Å². The van der Waals surface area contributed by atoms with Crippen LogP contribution in [0.5, 0.6) is 0 Å². The predicted octanol–water partition coefficient (Wildman–Crippen LogP) is 3.70. The van der Waals surface area contributed by atoms with Gasteiger partial charge in [0.25, 0.3) is 0 Å². The third-order valence-electron chi connectivity index (χ3n) is 2.85. The van der Waals surface area contributed by atoms with Gasteiger partial charge >= 0.3 is 0 Å². The number of H-pyrrole nitrogens is 1. The fraction of sp³-hybridized carbons (Fsp3) is 0.143. The predicted molar refractivity (Wildman–Crippen MR) is 92.9 cm³/mol. The SMILES string of the molecule is CC(Sc1n[nH]c(-c2cccs2)n1)C(=O)Nc1ccc(Cl)cn1. The van der Waals surface area contributed by atoms with Crippen molar-refractivity contribution in [3.8, 4) is 10.7 Å². The lowest BCUT2D eigenvalue weighted by Crippen LogP contribution is -2.23. The molecule has 1 amide bonds. The van der Waals surface area contributed by atoms with Crippen LogP contribution in [0.4, 0.5) is 5.82 Å². The summed E-state index contributed by atoms with van der Waals surface area (Å²) in [7, 11) is 0. The average Bonchev–Trinajstić information content (AvgIpc) is 3.20. The summed E-state index contributed by atoms with van der Waals surface area (Å²) in [6.07, 6.45) is 1.48. The van der Waals surface area contributed by atoms with E-state index in [1.54, 1.807) is 30.4 Å². The topological polar surface area (TPSA) is 83.6 Å². The van der Waals surface area contributed by atoms with E-state index in [-0.39, 0.29) is 11.2 Å². The lowest BCUT2D eigenvalue weighted by Gasteiger charge is -2.09. The first-order chi connectivity index (χ1) is 11.1. The molecule has 3 heterocycles. The van der Waals surface area contributed by atoms with E-state index in [9.17, 15) is 4.79 Å². The highest BCUT2D eigenvalue weighted by molar-refractivity contribution is 8.00. The lowest BCUT2D eigenvalue weighted by molar-refractivity contribution is -0.115. The Bertz CT molecular complexity index is 788.